The average molecular weight is 363 g/mol. The standard InChI is InChI=1S/C20H17N3O4/c21-11-15-6-7-19(20(10-15)23(24)25)22-12-16-3-1-4-17(9-16)13-26-14-18-5-2-8-27-18/h1-10,22H,12-14H2. The monoisotopic (exact) mass is 363 g/mol. The summed E-state index contributed by atoms with van der Waals surface area (Å²) in [6.07, 6.45) is 1.60. The predicted molar refractivity (Wildman–Crippen MR) is 98.8 cm³/mol. The molecule has 0 amide bonds. The molecule has 0 bridgehead atoms. The van der Waals surface area contributed by atoms with E-state index in [2.05, 4.69) is 5.32 Å². The van der Waals surface area contributed by atoms with Crippen molar-refractivity contribution in [3.63, 3.8) is 0 Å². The molecule has 1 aromatic heterocycles. The number of ether oxygens (including phenoxy) is 1. The Bertz CT molecular complexity index is 962. The number of benzene rings is 2. The Hall–Kier alpha value is -3.63. The van der Waals surface area contributed by atoms with E-state index in [1.165, 1.54) is 6.07 Å². The Labute approximate surface area is 156 Å². The fourth-order valence-corrected chi connectivity index (χ4v) is 2.59. The quantitative estimate of drug-likeness (QED) is 0.470. The van der Waals surface area contributed by atoms with E-state index < -0.39 is 4.92 Å². The summed E-state index contributed by atoms with van der Waals surface area (Å²) in [5.41, 5.74) is 2.47. The summed E-state index contributed by atoms with van der Waals surface area (Å²) in [5, 5.41) is 23.2. The van der Waals surface area contributed by atoms with Crippen LogP contribution in [0.2, 0.25) is 0 Å². The van der Waals surface area contributed by atoms with Crippen LogP contribution < -0.4 is 5.32 Å². The summed E-state index contributed by atoms with van der Waals surface area (Å²) in [4.78, 5) is 10.7. The molecule has 0 aliphatic rings. The number of hydrogen-bond donors (Lipinski definition) is 1. The second kappa shape index (κ2) is 8.65. The summed E-state index contributed by atoms with van der Waals surface area (Å²) in [5.74, 6) is 0.765. The third kappa shape index (κ3) is 4.93. The molecular formula is C20H17N3O4. The number of nitro groups is 1. The van der Waals surface area contributed by atoms with E-state index >= 15 is 0 Å². The Morgan fingerprint density at radius 2 is 1.96 bits per heavy atom. The Balaban J connectivity index is 1.61. The lowest BCUT2D eigenvalue weighted by molar-refractivity contribution is -0.384. The molecule has 0 saturated carbocycles. The molecule has 0 aliphatic heterocycles. The fourth-order valence-electron chi connectivity index (χ4n) is 2.59. The van der Waals surface area contributed by atoms with Crippen molar-refractivity contribution in [2.24, 2.45) is 0 Å². The largest absolute Gasteiger partial charge is 0.467 e. The maximum absolute atomic E-state index is 11.2. The van der Waals surface area contributed by atoms with E-state index in [0.717, 1.165) is 16.9 Å². The number of nitriles is 1. The van der Waals surface area contributed by atoms with Crippen LogP contribution in [0.5, 0.6) is 0 Å². The van der Waals surface area contributed by atoms with Crippen molar-refractivity contribution < 1.29 is 14.1 Å². The van der Waals surface area contributed by atoms with Crippen LogP contribution >= 0.6 is 0 Å². The van der Waals surface area contributed by atoms with Crippen molar-refractivity contribution in [1.29, 1.82) is 5.26 Å². The molecule has 1 heterocycles. The van der Waals surface area contributed by atoms with Gasteiger partial charge in [0.25, 0.3) is 5.69 Å². The Kier molecular flexibility index (Phi) is 5.82. The minimum atomic E-state index is -0.498. The Morgan fingerprint density at radius 1 is 1.11 bits per heavy atom. The summed E-state index contributed by atoms with van der Waals surface area (Å²) < 4.78 is 10.8. The molecule has 27 heavy (non-hydrogen) atoms. The first-order valence-corrected chi connectivity index (χ1v) is 8.26. The van der Waals surface area contributed by atoms with E-state index in [1.807, 2.05) is 42.5 Å². The molecule has 0 radical (unpaired) electrons. The summed E-state index contributed by atoms with van der Waals surface area (Å²) in [6, 6.07) is 17.7. The van der Waals surface area contributed by atoms with Gasteiger partial charge in [0.1, 0.15) is 18.1 Å². The van der Waals surface area contributed by atoms with Gasteiger partial charge in [-0.05, 0) is 35.4 Å². The van der Waals surface area contributed by atoms with Gasteiger partial charge in [0, 0.05) is 12.6 Å². The van der Waals surface area contributed by atoms with Crippen LogP contribution in [0.1, 0.15) is 22.5 Å². The lowest BCUT2D eigenvalue weighted by Gasteiger charge is -2.09. The summed E-state index contributed by atoms with van der Waals surface area (Å²) in [6.45, 7) is 1.25. The normalized spacial score (nSPS) is 10.3. The number of anilines is 1. The number of rotatable bonds is 8. The van der Waals surface area contributed by atoms with E-state index in [9.17, 15) is 10.1 Å². The molecule has 1 N–H and O–H groups in total. The molecule has 3 rings (SSSR count). The van der Waals surface area contributed by atoms with Crippen molar-refractivity contribution >= 4 is 11.4 Å². The first-order valence-electron chi connectivity index (χ1n) is 8.26. The molecule has 0 aliphatic carbocycles. The third-order valence-corrected chi connectivity index (χ3v) is 3.89. The predicted octanol–water partition coefficient (Wildman–Crippen LogP) is 4.39. The highest BCUT2D eigenvalue weighted by Crippen LogP contribution is 2.26. The molecule has 136 valence electrons. The third-order valence-electron chi connectivity index (χ3n) is 3.89. The van der Waals surface area contributed by atoms with Crippen molar-refractivity contribution in [3.05, 3.63) is 93.4 Å². The lowest BCUT2D eigenvalue weighted by Crippen LogP contribution is -2.03. The molecule has 0 unspecified atom stereocenters. The van der Waals surface area contributed by atoms with E-state index in [1.54, 1.807) is 18.4 Å². The van der Waals surface area contributed by atoms with Crippen LogP contribution in [-0.4, -0.2) is 4.92 Å². The molecule has 0 spiro atoms. The van der Waals surface area contributed by atoms with Crippen LogP contribution in [0.3, 0.4) is 0 Å². The molecule has 7 nitrogen and oxygen atoms in total. The SMILES string of the molecule is N#Cc1ccc(NCc2cccc(COCc3ccco3)c2)c([N+](=O)[O-])c1. The van der Waals surface area contributed by atoms with Gasteiger partial charge in [-0.3, -0.25) is 10.1 Å². The highest BCUT2D eigenvalue weighted by molar-refractivity contribution is 5.64. The molecule has 0 saturated heterocycles. The fraction of sp³-hybridized carbons (Fsp3) is 0.150. The molecule has 0 fully saturated rings. The molecular weight excluding hydrogens is 346 g/mol. The van der Waals surface area contributed by atoms with Gasteiger partial charge in [0.15, 0.2) is 0 Å². The summed E-state index contributed by atoms with van der Waals surface area (Å²) >= 11 is 0. The molecule has 2 aromatic carbocycles. The lowest BCUT2D eigenvalue weighted by atomic mass is 10.1. The summed E-state index contributed by atoms with van der Waals surface area (Å²) in [7, 11) is 0. The topological polar surface area (TPSA) is 101 Å². The zero-order chi connectivity index (χ0) is 19.1. The van der Waals surface area contributed by atoms with Gasteiger partial charge >= 0.3 is 0 Å². The van der Waals surface area contributed by atoms with Crippen LogP contribution in [0.4, 0.5) is 11.4 Å². The highest BCUT2D eigenvalue weighted by atomic mass is 16.6. The van der Waals surface area contributed by atoms with Gasteiger partial charge in [-0.1, -0.05) is 24.3 Å². The zero-order valence-electron chi connectivity index (χ0n) is 14.4. The van der Waals surface area contributed by atoms with Crippen molar-refractivity contribution in [3.8, 4) is 6.07 Å². The van der Waals surface area contributed by atoms with Gasteiger partial charge in [0.05, 0.1) is 29.4 Å². The average Bonchev–Trinajstić information content (AvgIpc) is 3.20. The van der Waals surface area contributed by atoms with Gasteiger partial charge < -0.3 is 14.5 Å². The second-order valence-corrected chi connectivity index (χ2v) is 5.85. The van der Waals surface area contributed by atoms with Crippen molar-refractivity contribution in [1.82, 2.24) is 0 Å². The zero-order valence-corrected chi connectivity index (χ0v) is 14.4. The maximum atomic E-state index is 11.2. The first-order chi connectivity index (χ1) is 13.2. The van der Waals surface area contributed by atoms with Crippen LogP contribution in [0, 0.1) is 21.4 Å². The highest BCUT2D eigenvalue weighted by Gasteiger charge is 2.14. The van der Waals surface area contributed by atoms with Crippen LogP contribution in [-0.2, 0) is 24.5 Å². The first kappa shape index (κ1) is 18.2. The second-order valence-electron chi connectivity index (χ2n) is 5.85. The minimum Gasteiger partial charge on any atom is -0.467 e. The van der Waals surface area contributed by atoms with Gasteiger partial charge in [-0.25, -0.2) is 0 Å². The number of nitro benzene ring substituents is 1. The van der Waals surface area contributed by atoms with E-state index in [0.29, 0.717) is 25.4 Å². The minimum absolute atomic E-state index is 0.119. The van der Waals surface area contributed by atoms with Gasteiger partial charge in [0.2, 0.25) is 0 Å². The van der Waals surface area contributed by atoms with Crippen molar-refractivity contribution in [2.45, 2.75) is 19.8 Å². The van der Waals surface area contributed by atoms with E-state index in [4.69, 9.17) is 14.4 Å². The molecule has 3 aromatic rings. The van der Waals surface area contributed by atoms with Crippen molar-refractivity contribution in [2.75, 3.05) is 5.32 Å². The number of nitrogens with one attached hydrogen (secondary N) is 1. The number of nitrogens with zero attached hydrogens (tertiary/aromatic N) is 2. The maximum Gasteiger partial charge on any atom is 0.293 e. The molecule has 0 atom stereocenters. The van der Waals surface area contributed by atoms with Gasteiger partial charge in [-0.2, -0.15) is 5.26 Å². The smallest absolute Gasteiger partial charge is 0.293 e. The van der Waals surface area contributed by atoms with Crippen LogP contribution in [0.15, 0.2) is 65.3 Å². The van der Waals surface area contributed by atoms with E-state index in [-0.39, 0.29) is 11.3 Å². The molecule has 7 heteroatoms. The number of hydrogen-bond acceptors (Lipinski definition) is 6. The van der Waals surface area contributed by atoms with Crippen LogP contribution in [0.25, 0.3) is 0 Å². The van der Waals surface area contributed by atoms with Gasteiger partial charge in [-0.15, -0.1) is 0 Å². The Morgan fingerprint density at radius 3 is 2.70 bits per heavy atom. The number of furan rings is 1.